The Hall–Kier alpha value is -0.600. The third kappa shape index (κ3) is 4.77. The SMILES string of the molecule is C=CC[C@@H](O)[C@H]1O[C@H](SC(=N)NCC)C[C@@H](O)[C@@H]1O. The summed E-state index contributed by atoms with van der Waals surface area (Å²) in [4.78, 5) is 0. The maximum Gasteiger partial charge on any atom is 0.156 e. The van der Waals surface area contributed by atoms with Crippen LogP contribution < -0.4 is 5.32 Å². The average Bonchev–Trinajstić information content (AvgIpc) is 2.34. The van der Waals surface area contributed by atoms with Crippen molar-refractivity contribution < 1.29 is 20.1 Å². The Kier molecular flexibility index (Phi) is 6.81. The summed E-state index contributed by atoms with van der Waals surface area (Å²) in [5.41, 5.74) is -0.464. The van der Waals surface area contributed by atoms with E-state index in [-0.39, 0.29) is 18.0 Å². The molecule has 110 valence electrons. The molecule has 0 aromatic rings. The number of aliphatic hydroxyl groups excluding tert-OH is 3. The van der Waals surface area contributed by atoms with Crippen molar-refractivity contribution in [2.24, 2.45) is 0 Å². The van der Waals surface area contributed by atoms with Crippen LogP contribution in [0.4, 0.5) is 0 Å². The molecule has 1 aliphatic heterocycles. The van der Waals surface area contributed by atoms with Gasteiger partial charge in [-0.25, -0.2) is 0 Å². The quantitative estimate of drug-likeness (QED) is 0.278. The predicted octanol–water partition coefficient (Wildman–Crippen LogP) is 0.0377. The Morgan fingerprint density at radius 2 is 2.32 bits per heavy atom. The summed E-state index contributed by atoms with van der Waals surface area (Å²) in [5, 5.41) is 40.2. The van der Waals surface area contributed by atoms with Gasteiger partial charge in [0.05, 0.1) is 12.2 Å². The lowest BCUT2D eigenvalue weighted by Crippen LogP contribution is -2.52. The van der Waals surface area contributed by atoms with Crippen LogP contribution in [-0.4, -0.2) is 56.9 Å². The summed E-state index contributed by atoms with van der Waals surface area (Å²) in [6.45, 7) is 6.03. The summed E-state index contributed by atoms with van der Waals surface area (Å²) in [5.74, 6) is 0. The van der Waals surface area contributed by atoms with E-state index in [2.05, 4.69) is 11.9 Å². The van der Waals surface area contributed by atoms with E-state index in [4.69, 9.17) is 10.1 Å². The average molecular weight is 290 g/mol. The minimum atomic E-state index is -1.12. The zero-order chi connectivity index (χ0) is 14.4. The lowest BCUT2D eigenvalue weighted by atomic mass is 9.96. The second-order valence-electron chi connectivity index (χ2n) is 4.39. The van der Waals surface area contributed by atoms with E-state index >= 15 is 0 Å². The van der Waals surface area contributed by atoms with Crippen LogP contribution >= 0.6 is 11.8 Å². The standard InChI is InChI=1S/C12H22N2O4S/c1-3-5-7(15)11-10(17)8(16)6-9(18-11)19-12(13)14-4-2/h3,7-11,15-17H,1,4-6H2,2H3,(H2,13,14)/t7-,8-,9-,10+,11-/m1/s1. The Morgan fingerprint density at radius 1 is 1.63 bits per heavy atom. The van der Waals surface area contributed by atoms with Crippen LogP contribution in [0.5, 0.6) is 0 Å². The number of hydrogen-bond donors (Lipinski definition) is 5. The van der Waals surface area contributed by atoms with Gasteiger partial charge in [-0.3, -0.25) is 5.41 Å². The zero-order valence-electron chi connectivity index (χ0n) is 11.0. The van der Waals surface area contributed by atoms with Gasteiger partial charge in [0, 0.05) is 13.0 Å². The second kappa shape index (κ2) is 7.86. The highest BCUT2D eigenvalue weighted by atomic mass is 32.2. The van der Waals surface area contributed by atoms with Crippen molar-refractivity contribution in [1.29, 1.82) is 5.41 Å². The minimum absolute atomic E-state index is 0.219. The topological polar surface area (TPSA) is 106 Å². The van der Waals surface area contributed by atoms with Gasteiger partial charge in [-0.15, -0.1) is 6.58 Å². The van der Waals surface area contributed by atoms with Gasteiger partial charge in [0.2, 0.25) is 0 Å². The molecule has 5 atom stereocenters. The lowest BCUT2D eigenvalue weighted by molar-refractivity contribution is -0.177. The molecule has 19 heavy (non-hydrogen) atoms. The van der Waals surface area contributed by atoms with E-state index in [1.807, 2.05) is 6.92 Å². The van der Waals surface area contributed by atoms with E-state index in [1.165, 1.54) is 6.08 Å². The molecule has 0 amide bonds. The summed E-state index contributed by atoms with van der Waals surface area (Å²) in [6, 6.07) is 0. The number of ether oxygens (including phenoxy) is 1. The van der Waals surface area contributed by atoms with E-state index in [1.54, 1.807) is 0 Å². The largest absolute Gasteiger partial charge is 0.390 e. The summed E-state index contributed by atoms with van der Waals surface area (Å²) < 4.78 is 5.57. The highest BCUT2D eigenvalue weighted by Crippen LogP contribution is 2.30. The first kappa shape index (κ1) is 16.5. The van der Waals surface area contributed by atoms with Crippen molar-refractivity contribution in [3.63, 3.8) is 0 Å². The molecule has 0 radical (unpaired) electrons. The van der Waals surface area contributed by atoms with Crippen molar-refractivity contribution >= 4 is 16.9 Å². The van der Waals surface area contributed by atoms with Crippen molar-refractivity contribution in [3.8, 4) is 0 Å². The Balaban J connectivity index is 2.61. The highest BCUT2D eigenvalue weighted by molar-refractivity contribution is 8.14. The van der Waals surface area contributed by atoms with Gasteiger partial charge >= 0.3 is 0 Å². The van der Waals surface area contributed by atoms with Gasteiger partial charge < -0.3 is 25.4 Å². The minimum Gasteiger partial charge on any atom is -0.390 e. The van der Waals surface area contributed by atoms with Crippen LogP contribution in [0.2, 0.25) is 0 Å². The normalized spacial score (nSPS) is 32.6. The van der Waals surface area contributed by atoms with Crippen LogP contribution in [0.15, 0.2) is 12.7 Å². The molecule has 5 N–H and O–H groups in total. The van der Waals surface area contributed by atoms with Gasteiger partial charge in [-0.05, 0) is 13.3 Å². The van der Waals surface area contributed by atoms with Crippen LogP contribution in [0, 0.1) is 5.41 Å². The van der Waals surface area contributed by atoms with E-state index in [0.29, 0.717) is 6.54 Å². The molecule has 0 unspecified atom stereocenters. The van der Waals surface area contributed by atoms with Crippen molar-refractivity contribution in [2.75, 3.05) is 6.54 Å². The third-order valence-electron chi connectivity index (χ3n) is 2.85. The van der Waals surface area contributed by atoms with Crippen molar-refractivity contribution in [2.45, 2.75) is 49.6 Å². The molecule has 1 saturated heterocycles. The molecular formula is C12H22N2O4S. The van der Waals surface area contributed by atoms with Gasteiger partial charge in [-0.2, -0.15) is 0 Å². The Morgan fingerprint density at radius 3 is 2.89 bits per heavy atom. The van der Waals surface area contributed by atoms with Crippen LogP contribution in [0.3, 0.4) is 0 Å². The fourth-order valence-corrected chi connectivity index (χ4v) is 2.87. The van der Waals surface area contributed by atoms with Gasteiger partial charge in [0.25, 0.3) is 0 Å². The number of aliphatic hydroxyl groups is 3. The van der Waals surface area contributed by atoms with E-state index in [0.717, 1.165) is 11.8 Å². The molecule has 0 saturated carbocycles. The first-order chi connectivity index (χ1) is 8.99. The Bertz CT molecular complexity index is 316. The fourth-order valence-electron chi connectivity index (χ4n) is 1.90. The first-order valence-corrected chi connectivity index (χ1v) is 7.17. The molecule has 7 heteroatoms. The molecule has 0 aromatic carbocycles. The summed E-state index contributed by atoms with van der Waals surface area (Å²) in [6.07, 6.45) is -1.85. The third-order valence-corrected chi connectivity index (χ3v) is 3.79. The van der Waals surface area contributed by atoms with Crippen LogP contribution in [0.1, 0.15) is 19.8 Å². The molecular weight excluding hydrogens is 268 g/mol. The number of thioether (sulfide) groups is 1. The Labute approximate surface area is 117 Å². The molecule has 0 bridgehead atoms. The monoisotopic (exact) mass is 290 g/mol. The van der Waals surface area contributed by atoms with Gasteiger partial charge in [0.1, 0.15) is 17.6 Å². The van der Waals surface area contributed by atoms with E-state index < -0.39 is 29.9 Å². The van der Waals surface area contributed by atoms with Gasteiger partial charge in [-0.1, -0.05) is 17.8 Å². The summed E-state index contributed by atoms with van der Waals surface area (Å²) in [7, 11) is 0. The molecule has 0 aromatic heterocycles. The van der Waals surface area contributed by atoms with E-state index in [9.17, 15) is 15.3 Å². The molecule has 0 aliphatic carbocycles. The van der Waals surface area contributed by atoms with Crippen LogP contribution in [-0.2, 0) is 4.74 Å². The molecule has 1 rings (SSSR count). The number of amidine groups is 1. The number of rotatable bonds is 5. The molecule has 6 nitrogen and oxygen atoms in total. The smallest absolute Gasteiger partial charge is 0.156 e. The summed E-state index contributed by atoms with van der Waals surface area (Å²) >= 11 is 1.13. The maximum atomic E-state index is 9.87. The maximum absolute atomic E-state index is 9.87. The van der Waals surface area contributed by atoms with Crippen molar-refractivity contribution in [1.82, 2.24) is 5.32 Å². The molecule has 1 fully saturated rings. The molecule has 1 heterocycles. The first-order valence-electron chi connectivity index (χ1n) is 6.29. The zero-order valence-corrected chi connectivity index (χ0v) is 11.8. The molecule has 1 aliphatic rings. The van der Waals surface area contributed by atoms with Crippen molar-refractivity contribution in [3.05, 3.63) is 12.7 Å². The highest BCUT2D eigenvalue weighted by Gasteiger charge is 2.40. The lowest BCUT2D eigenvalue weighted by Gasteiger charge is -2.38. The number of hydrogen-bond acceptors (Lipinski definition) is 6. The number of nitrogens with one attached hydrogen (secondary N) is 2. The fraction of sp³-hybridized carbons (Fsp3) is 0.750. The second-order valence-corrected chi connectivity index (χ2v) is 5.56. The predicted molar refractivity (Wildman–Crippen MR) is 75.1 cm³/mol. The molecule has 0 spiro atoms. The van der Waals surface area contributed by atoms with Crippen LogP contribution in [0.25, 0.3) is 0 Å². The van der Waals surface area contributed by atoms with Gasteiger partial charge in [0.15, 0.2) is 5.17 Å².